The van der Waals surface area contributed by atoms with Crippen LogP contribution in [-0.2, 0) is 0 Å². The molecule has 0 unspecified atom stereocenters. The summed E-state index contributed by atoms with van der Waals surface area (Å²) in [5.74, 6) is 0.757. The quantitative estimate of drug-likeness (QED) is 0.701. The Morgan fingerprint density at radius 3 is 2.87 bits per heavy atom. The molecule has 2 heterocycles. The molecule has 78 valence electrons. The fraction of sp³-hybridized carbons (Fsp3) is 0.273. The number of aromatic nitrogens is 2. The molecular weight excluding hydrogens is 192 g/mol. The van der Waals surface area contributed by atoms with Crippen molar-refractivity contribution < 1.29 is 9.53 Å². The van der Waals surface area contributed by atoms with E-state index in [1.54, 1.807) is 36.8 Å². The summed E-state index contributed by atoms with van der Waals surface area (Å²) in [6, 6.07) is 3.61. The zero-order valence-corrected chi connectivity index (χ0v) is 8.94. The minimum atomic E-state index is 0.0187. The Kier molecular flexibility index (Phi) is 2.19. The minimum absolute atomic E-state index is 0.0187. The third-order valence-corrected chi connectivity index (χ3v) is 2.34. The second kappa shape index (κ2) is 3.38. The normalized spacial score (nSPS) is 10.6. The van der Waals surface area contributed by atoms with Gasteiger partial charge in [-0.1, -0.05) is 0 Å². The highest BCUT2D eigenvalue weighted by Crippen LogP contribution is 2.17. The van der Waals surface area contributed by atoms with Gasteiger partial charge in [0, 0.05) is 19.2 Å². The van der Waals surface area contributed by atoms with Crippen molar-refractivity contribution in [2.45, 2.75) is 13.8 Å². The first-order valence-corrected chi connectivity index (χ1v) is 4.67. The van der Waals surface area contributed by atoms with Crippen molar-refractivity contribution in [3.05, 3.63) is 29.7 Å². The van der Waals surface area contributed by atoms with E-state index in [9.17, 15) is 4.79 Å². The predicted octanol–water partition coefficient (Wildman–Crippen LogP) is 1.85. The van der Waals surface area contributed by atoms with E-state index in [1.165, 1.54) is 0 Å². The topological polar surface area (TPSA) is 43.6 Å². The van der Waals surface area contributed by atoms with Gasteiger partial charge in [-0.25, -0.2) is 4.98 Å². The molecule has 0 saturated carbocycles. The number of pyridine rings is 1. The number of carbonyl (C=O) groups excluding carboxylic acids is 1. The molecule has 0 aliphatic carbocycles. The van der Waals surface area contributed by atoms with E-state index < -0.39 is 0 Å². The van der Waals surface area contributed by atoms with Crippen LogP contribution in [0.5, 0.6) is 5.75 Å². The van der Waals surface area contributed by atoms with E-state index >= 15 is 0 Å². The fourth-order valence-electron chi connectivity index (χ4n) is 1.69. The molecule has 0 aliphatic rings. The van der Waals surface area contributed by atoms with E-state index in [2.05, 4.69) is 4.98 Å². The van der Waals surface area contributed by atoms with Crippen LogP contribution in [0.25, 0.3) is 5.65 Å². The Labute approximate surface area is 87.5 Å². The first kappa shape index (κ1) is 9.71. The van der Waals surface area contributed by atoms with Crippen molar-refractivity contribution >= 4 is 11.4 Å². The van der Waals surface area contributed by atoms with Crippen LogP contribution in [0.4, 0.5) is 0 Å². The molecule has 0 radical (unpaired) electrons. The molecule has 0 bridgehead atoms. The van der Waals surface area contributed by atoms with Crippen molar-refractivity contribution in [1.82, 2.24) is 9.38 Å². The molecule has 2 aromatic heterocycles. The number of carbonyl (C=O) groups is 1. The Morgan fingerprint density at radius 1 is 1.53 bits per heavy atom. The second-order valence-electron chi connectivity index (χ2n) is 3.40. The van der Waals surface area contributed by atoms with Crippen LogP contribution in [0.3, 0.4) is 0 Å². The number of Topliss-reactive ketones (excluding diaryl/α,β-unsaturated/α-hetero) is 1. The molecule has 0 atom stereocenters. The summed E-state index contributed by atoms with van der Waals surface area (Å²) in [6.07, 6.45) is 1.80. The van der Waals surface area contributed by atoms with Gasteiger partial charge in [-0.15, -0.1) is 0 Å². The monoisotopic (exact) mass is 204 g/mol. The summed E-state index contributed by atoms with van der Waals surface area (Å²) >= 11 is 0. The van der Waals surface area contributed by atoms with E-state index in [-0.39, 0.29) is 5.78 Å². The van der Waals surface area contributed by atoms with Crippen LogP contribution >= 0.6 is 0 Å². The van der Waals surface area contributed by atoms with Crippen molar-refractivity contribution in [3.63, 3.8) is 0 Å². The number of hydrogen-bond acceptors (Lipinski definition) is 3. The Bertz CT molecular complexity index is 529. The van der Waals surface area contributed by atoms with Gasteiger partial charge in [-0.3, -0.25) is 9.20 Å². The first-order valence-electron chi connectivity index (χ1n) is 4.67. The second-order valence-corrected chi connectivity index (χ2v) is 3.40. The summed E-state index contributed by atoms with van der Waals surface area (Å²) in [6.45, 7) is 3.37. The first-order chi connectivity index (χ1) is 7.13. The molecule has 2 rings (SSSR count). The molecule has 0 aromatic carbocycles. The van der Waals surface area contributed by atoms with Crippen molar-refractivity contribution in [3.8, 4) is 5.75 Å². The molecular formula is C11H12N2O2. The summed E-state index contributed by atoms with van der Waals surface area (Å²) in [4.78, 5) is 15.7. The van der Waals surface area contributed by atoms with Crippen LogP contribution < -0.4 is 4.74 Å². The Balaban J connectivity index is 2.74. The highest BCUT2D eigenvalue weighted by atomic mass is 16.5. The van der Waals surface area contributed by atoms with Gasteiger partial charge in [0.15, 0.2) is 5.78 Å². The summed E-state index contributed by atoms with van der Waals surface area (Å²) in [7, 11) is 1.60. The summed E-state index contributed by atoms with van der Waals surface area (Å²) < 4.78 is 6.87. The lowest BCUT2D eigenvalue weighted by Gasteiger charge is -2.01. The zero-order valence-electron chi connectivity index (χ0n) is 8.94. The highest BCUT2D eigenvalue weighted by Gasteiger charge is 2.12. The lowest BCUT2D eigenvalue weighted by Crippen LogP contribution is -2.00. The Morgan fingerprint density at radius 2 is 2.27 bits per heavy atom. The smallest absolute Gasteiger partial charge is 0.178 e. The Hall–Kier alpha value is -1.84. The van der Waals surface area contributed by atoms with Gasteiger partial charge in [0.05, 0.1) is 12.8 Å². The molecule has 0 N–H and O–H groups in total. The molecule has 0 spiro atoms. The number of hydrogen-bond donors (Lipinski definition) is 0. The number of fused-ring (bicyclic) bond motifs is 1. The highest BCUT2D eigenvalue weighted by molar-refractivity contribution is 5.94. The fourth-order valence-corrected chi connectivity index (χ4v) is 1.69. The molecule has 0 fully saturated rings. The third kappa shape index (κ3) is 1.48. The maximum absolute atomic E-state index is 11.4. The minimum Gasteiger partial charge on any atom is -0.497 e. The molecule has 4 heteroatoms. The van der Waals surface area contributed by atoms with Gasteiger partial charge < -0.3 is 4.74 Å². The van der Waals surface area contributed by atoms with Gasteiger partial charge >= 0.3 is 0 Å². The lowest BCUT2D eigenvalue weighted by atomic mass is 10.2. The van der Waals surface area contributed by atoms with Gasteiger partial charge in [-0.2, -0.15) is 0 Å². The third-order valence-electron chi connectivity index (χ3n) is 2.34. The van der Waals surface area contributed by atoms with Crippen LogP contribution in [0.1, 0.15) is 23.1 Å². The van der Waals surface area contributed by atoms with Gasteiger partial charge in [-0.05, 0) is 13.0 Å². The lowest BCUT2D eigenvalue weighted by molar-refractivity contribution is 0.101. The number of methoxy groups -OCH3 is 1. The molecule has 0 amide bonds. The number of imidazole rings is 1. The summed E-state index contributed by atoms with van der Waals surface area (Å²) in [5.41, 5.74) is 2.11. The summed E-state index contributed by atoms with van der Waals surface area (Å²) in [5, 5.41) is 0. The van der Waals surface area contributed by atoms with E-state index in [4.69, 9.17) is 4.74 Å². The standard InChI is InChI=1S/C11H12N2O2/c1-7-11(8(2)14)13-5-4-9(15-3)6-10(13)12-7/h4-6H,1-3H3. The van der Waals surface area contributed by atoms with E-state index in [0.29, 0.717) is 5.69 Å². The SMILES string of the molecule is COc1ccn2c(C(C)=O)c(C)nc2c1. The van der Waals surface area contributed by atoms with E-state index in [1.807, 2.05) is 6.92 Å². The maximum atomic E-state index is 11.4. The predicted molar refractivity (Wildman–Crippen MR) is 56.5 cm³/mol. The van der Waals surface area contributed by atoms with Crippen LogP contribution in [0.2, 0.25) is 0 Å². The van der Waals surface area contributed by atoms with E-state index in [0.717, 1.165) is 17.1 Å². The van der Waals surface area contributed by atoms with Crippen molar-refractivity contribution in [1.29, 1.82) is 0 Å². The van der Waals surface area contributed by atoms with Crippen molar-refractivity contribution in [2.24, 2.45) is 0 Å². The average Bonchev–Trinajstić information content (AvgIpc) is 2.52. The van der Waals surface area contributed by atoms with Gasteiger partial charge in [0.1, 0.15) is 17.1 Å². The molecule has 4 nitrogen and oxygen atoms in total. The largest absolute Gasteiger partial charge is 0.497 e. The average molecular weight is 204 g/mol. The molecule has 15 heavy (non-hydrogen) atoms. The number of ketones is 1. The maximum Gasteiger partial charge on any atom is 0.178 e. The van der Waals surface area contributed by atoms with Crippen LogP contribution in [0, 0.1) is 6.92 Å². The number of aryl methyl sites for hydroxylation is 1. The molecule has 0 aliphatic heterocycles. The number of nitrogens with zero attached hydrogens (tertiary/aromatic N) is 2. The molecule has 2 aromatic rings. The number of rotatable bonds is 2. The van der Waals surface area contributed by atoms with Gasteiger partial charge in [0.2, 0.25) is 0 Å². The zero-order chi connectivity index (χ0) is 11.0. The van der Waals surface area contributed by atoms with Gasteiger partial charge in [0.25, 0.3) is 0 Å². The van der Waals surface area contributed by atoms with Crippen LogP contribution in [0.15, 0.2) is 18.3 Å². The van der Waals surface area contributed by atoms with Crippen LogP contribution in [-0.4, -0.2) is 22.3 Å². The van der Waals surface area contributed by atoms with Crippen molar-refractivity contribution in [2.75, 3.05) is 7.11 Å². The molecule has 0 saturated heterocycles. The number of ether oxygens (including phenoxy) is 1.